The van der Waals surface area contributed by atoms with Crippen LogP contribution in [0, 0.1) is 5.92 Å². The number of nitrogens with one attached hydrogen (secondary N) is 2. The molecule has 3 rings (SSSR count). The molecule has 7 heteroatoms. The van der Waals surface area contributed by atoms with Gasteiger partial charge < -0.3 is 15.5 Å². The first-order valence-corrected chi connectivity index (χ1v) is 9.42. The molecule has 26 heavy (non-hydrogen) atoms. The molecule has 0 bridgehead atoms. The molecule has 0 aliphatic carbocycles. The molecule has 0 saturated carbocycles. The molecule has 136 valence electrons. The molecule has 1 aromatic heterocycles. The summed E-state index contributed by atoms with van der Waals surface area (Å²) in [7, 11) is 1.63. The number of thiophene rings is 1. The Morgan fingerprint density at radius 3 is 2.54 bits per heavy atom. The van der Waals surface area contributed by atoms with E-state index >= 15 is 0 Å². The Balaban J connectivity index is 1.63. The number of anilines is 1. The van der Waals surface area contributed by atoms with Crippen LogP contribution in [0.4, 0.5) is 5.69 Å². The zero-order chi connectivity index (χ0) is 18.5. The van der Waals surface area contributed by atoms with Gasteiger partial charge in [0.2, 0.25) is 5.91 Å². The van der Waals surface area contributed by atoms with Crippen molar-refractivity contribution in [3.8, 4) is 0 Å². The summed E-state index contributed by atoms with van der Waals surface area (Å²) in [5, 5.41) is 7.33. The minimum atomic E-state index is -0.184. The Hall–Kier alpha value is -2.67. The summed E-state index contributed by atoms with van der Waals surface area (Å²) in [6, 6.07) is 10.5. The van der Waals surface area contributed by atoms with Gasteiger partial charge in [-0.3, -0.25) is 14.4 Å². The number of nitrogens with zero attached hydrogens (tertiary/aromatic N) is 1. The number of carbonyl (C=O) groups excluding carboxylic acids is 3. The number of hydrogen-bond acceptors (Lipinski definition) is 4. The molecule has 0 radical (unpaired) electrons. The van der Waals surface area contributed by atoms with E-state index in [2.05, 4.69) is 10.6 Å². The molecular formula is C19H21N3O3S. The first kappa shape index (κ1) is 18.1. The van der Waals surface area contributed by atoms with Gasteiger partial charge in [-0.15, -0.1) is 11.3 Å². The molecule has 1 aliphatic heterocycles. The quantitative estimate of drug-likeness (QED) is 0.867. The van der Waals surface area contributed by atoms with Gasteiger partial charge in [-0.1, -0.05) is 12.1 Å². The van der Waals surface area contributed by atoms with Crippen LogP contribution >= 0.6 is 11.3 Å². The smallest absolute Gasteiger partial charge is 0.265 e. The van der Waals surface area contributed by atoms with Crippen molar-refractivity contribution in [3.63, 3.8) is 0 Å². The van der Waals surface area contributed by atoms with Crippen molar-refractivity contribution in [1.29, 1.82) is 0 Å². The third-order valence-corrected chi connectivity index (χ3v) is 5.38. The number of piperidine rings is 1. The van der Waals surface area contributed by atoms with Gasteiger partial charge in [-0.05, 0) is 42.5 Å². The third kappa shape index (κ3) is 4.11. The van der Waals surface area contributed by atoms with Crippen LogP contribution in [0.5, 0.6) is 0 Å². The van der Waals surface area contributed by atoms with Crippen LogP contribution in [0.25, 0.3) is 0 Å². The molecule has 0 unspecified atom stereocenters. The summed E-state index contributed by atoms with van der Waals surface area (Å²) in [4.78, 5) is 39.0. The van der Waals surface area contributed by atoms with Gasteiger partial charge in [-0.25, -0.2) is 0 Å². The number of carbonyl (C=O) groups is 3. The second-order valence-corrected chi connectivity index (χ2v) is 7.14. The molecule has 2 N–H and O–H groups in total. The average Bonchev–Trinajstić information content (AvgIpc) is 3.22. The third-order valence-electron chi connectivity index (χ3n) is 4.51. The van der Waals surface area contributed by atoms with Gasteiger partial charge in [0.1, 0.15) is 0 Å². The van der Waals surface area contributed by atoms with Gasteiger partial charge in [-0.2, -0.15) is 0 Å². The highest BCUT2D eigenvalue weighted by molar-refractivity contribution is 7.12. The van der Waals surface area contributed by atoms with Crippen LogP contribution in [0.3, 0.4) is 0 Å². The predicted molar refractivity (Wildman–Crippen MR) is 101 cm³/mol. The highest BCUT2D eigenvalue weighted by Gasteiger charge is 2.27. The Bertz CT molecular complexity index is 796. The number of benzene rings is 1. The molecular weight excluding hydrogens is 350 g/mol. The van der Waals surface area contributed by atoms with E-state index < -0.39 is 0 Å². The molecule has 3 amide bonds. The van der Waals surface area contributed by atoms with E-state index in [1.807, 2.05) is 11.4 Å². The lowest BCUT2D eigenvalue weighted by atomic mass is 9.95. The average molecular weight is 371 g/mol. The molecule has 0 atom stereocenters. The van der Waals surface area contributed by atoms with E-state index in [9.17, 15) is 14.4 Å². The lowest BCUT2D eigenvalue weighted by molar-refractivity contribution is -0.125. The van der Waals surface area contributed by atoms with Crippen molar-refractivity contribution in [1.82, 2.24) is 10.2 Å². The Morgan fingerprint density at radius 2 is 1.88 bits per heavy atom. The predicted octanol–water partition coefficient (Wildman–Crippen LogP) is 2.60. The van der Waals surface area contributed by atoms with Gasteiger partial charge >= 0.3 is 0 Å². The molecule has 1 aliphatic rings. The first-order valence-electron chi connectivity index (χ1n) is 8.54. The fourth-order valence-corrected chi connectivity index (χ4v) is 3.68. The second kappa shape index (κ2) is 8.14. The Morgan fingerprint density at radius 1 is 1.12 bits per heavy atom. The van der Waals surface area contributed by atoms with E-state index in [4.69, 9.17) is 0 Å². The lowest BCUT2D eigenvalue weighted by Gasteiger charge is -2.31. The van der Waals surface area contributed by atoms with E-state index in [1.54, 1.807) is 42.3 Å². The van der Waals surface area contributed by atoms with Gasteiger partial charge in [0.15, 0.2) is 0 Å². The van der Waals surface area contributed by atoms with Crippen molar-refractivity contribution >= 4 is 34.7 Å². The Labute approximate surface area is 156 Å². The van der Waals surface area contributed by atoms with Crippen molar-refractivity contribution in [2.45, 2.75) is 12.8 Å². The van der Waals surface area contributed by atoms with Crippen LogP contribution in [0.15, 0.2) is 41.8 Å². The van der Waals surface area contributed by atoms with E-state index in [-0.39, 0.29) is 23.6 Å². The number of likely N-dealkylation sites (tertiary alicyclic amines) is 1. The molecule has 1 saturated heterocycles. The number of hydrogen-bond donors (Lipinski definition) is 2. The summed E-state index contributed by atoms with van der Waals surface area (Å²) < 4.78 is 0. The highest BCUT2D eigenvalue weighted by Crippen LogP contribution is 2.21. The van der Waals surface area contributed by atoms with Crippen molar-refractivity contribution < 1.29 is 14.4 Å². The topological polar surface area (TPSA) is 78.5 Å². The zero-order valence-electron chi connectivity index (χ0n) is 14.5. The summed E-state index contributed by atoms with van der Waals surface area (Å²) in [6.07, 6.45) is 1.33. The molecule has 6 nitrogen and oxygen atoms in total. The van der Waals surface area contributed by atoms with E-state index in [1.165, 1.54) is 11.3 Å². The van der Waals surface area contributed by atoms with Gasteiger partial charge in [0.05, 0.1) is 4.88 Å². The van der Waals surface area contributed by atoms with Crippen molar-refractivity contribution in [2.75, 3.05) is 25.5 Å². The maximum Gasteiger partial charge on any atom is 0.265 e. The molecule has 0 spiro atoms. The Kier molecular flexibility index (Phi) is 5.68. The van der Waals surface area contributed by atoms with E-state index in [0.29, 0.717) is 42.1 Å². The van der Waals surface area contributed by atoms with Crippen molar-refractivity contribution in [3.05, 3.63) is 52.2 Å². The van der Waals surface area contributed by atoms with Crippen molar-refractivity contribution in [2.24, 2.45) is 5.92 Å². The molecule has 1 fully saturated rings. The maximum absolute atomic E-state index is 12.7. The number of rotatable bonds is 4. The van der Waals surface area contributed by atoms with Crippen LogP contribution in [-0.2, 0) is 4.79 Å². The minimum absolute atomic E-state index is 0.0273. The highest BCUT2D eigenvalue weighted by atomic mass is 32.1. The van der Waals surface area contributed by atoms with Crippen LogP contribution in [-0.4, -0.2) is 42.8 Å². The SMILES string of the molecule is CNC(=O)C1CCN(C(=O)c2cccc(NC(=O)c3cccs3)c2)CC1. The van der Waals surface area contributed by atoms with Gasteiger partial charge in [0.25, 0.3) is 11.8 Å². The van der Waals surface area contributed by atoms with E-state index in [0.717, 1.165) is 0 Å². The normalized spacial score (nSPS) is 14.7. The van der Waals surface area contributed by atoms with Crippen LogP contribution < -0.4 is 10.6 Å². The summed E-state index contributed by atoms with van der Waals surface area (Å²) in [5.41, 5.74) is 1.13. The minimum Gasteiger partial charge on any atom is -0.359 e. The standard InChI is InChI=1S/C19H21N3O3S/c1-20-17(23)13-7-9-22(10-8-13)19(25)14-4-2-5-15(12-14)21-18(24)16-6-3-11-26-16/h2-6,11-13H,7-10H2,1H3,(H,20,23)(H,21,24). The second-order valence-electron chi connectivity index (χ2n) is 6.19. The van der Waals surface area contributed by atoms with Crippen LogP contribution in [0.2, 0.25) is 0 Å². The molecule has 2 heterocycles. The summed E-state index contributed by atoms with van der Waals surface area (Å²) >= 11 is 1.37. The van der Waals surface area contributed by atoms with Gasteiger partial charge in [0, 0.05) is 37.3 Å². The van der Waals surface area contributed by atoms with Crippen LogP contribution in [0.1, 0.15) is 32.9 Å². The fraction of sp³-hybridized carbons (Fsp3) is 0.316. The molecule has 2 aromatic rings. The fourth-order valence-electron chi connectivity index (χ4n) is 3.06. The monoisotopic (exact) mass is 371 g/mol. The molecule has 1 aromatic carbocycles. The summed E-state index contributed by atoms with van der Waals surface area (Å²) in [5.74, 6) is -0.251. The largest absolute Gasteiger partial charge is 0.359 e. The maximum atomic E-state index is 12.7. The lowest BCUT2D eigenvalue weighted by Crippen LogP contribution is -2.42. The first-order chi connectivity index (χ1) is 12.6. The zero-order valence-corrected chi connectivity index (χ0v) is 15.3. The number of amides is 3. The summed E-state index contributed by atoms with van der Waals surface area (Å²) in [6.45, 7) is 1.12.